The Morgan fingerprint density at radius 3 is 2.71 bits per heavy atom. The van der Waals surface area contributed by atoms with Crippen molar-refractivity contribution in [1.29, 1.82) is 0 Å². The zero-order valence-electron chi connectivity index (χ0n) is 9.90. The largest absolute Gasteiger partial charge is 0.326 e. The van der Waals surface area contributed by atoms with Crippen LogP contribution >= 0.6 is 27.3 Å². The second-order valence-corrected chi connectivity index (χ2v) is 6.20. The highest BCUT2D eigenvalue weighted by molar-refractivity contribution is 9.10. The van der Waals surface area contributed by atoms with E-state index < -0.39 is 0 Å². The number of hydrogen-bond donors (Lipinski definition) is 1. The van der Waals surface area contributed by atoms with E-state index in [1.54, 1.807) is 11.3 Å². The minimum atomic E-state index is 0.422. The van der Waals surface area contributed by atoms with Crippen molar-refractivity contribution >= 4 is 27.3 Å². The van der Waals surface area contributed by atoms with Crippen molar-refractivity contribution < 1.29 is 0 Å². The topological polar surface area (TPSA) is 38.9 Å². The van der Waals surface area contributed by atoms with E-state index in [1.165, 1.54) is 4.88 Å². The summed E-state index contributed by atoms with van der Waals surface area (Å²) in [6.45, 7) is 4.87. The molecule has 2 aromatic rings. The van der Waals surface area contributed by atoms with Gasteiger partial charge < -0.3 is 5.73 Å². The second-order valence-electron chi connectivity index (χ2n) is 4.20. The van der Waals surface area contributed by atoms with Gasteiger partial charge in [0.25, 0.3) is 0 Å². The zero-order chi connectivity index (χ0) is 12.4. The van der Waals surface area contributed by atoms with Crippen LogP contribution in [0.15, 0.2) is 28.7 Å². The van der Waals surface area contributed by atoms with Crippen molar-refractivity contribution in [2.75, 3.05) is 0 Å². The molecule has 4 heteroatoms. The molecule has 2 nitrogen and oxygen atoms in total. The summed E-state index contributed by atoms with van der Waals surface area (Å²) in [4.78, 5) is 5.90. The van der Waals surface area contributed by atoms with Crippen LogP contribution in [0.25, 0.3) is 10.6 Å². The molecule has 0 aliphatic carbocycles. The first-order chi connectivity index (χ1) is 8.11. The summed E-state index contributed by atoms with van der Waals surface area (Å²) < 4.78 is 1.07. The number of halogens is 1. The molecule has 0 fully saturated rings. The lowest BCUT2D eigenvalue weighted by molar-refractivity contribution is 0.814. The SMILES string of the molecule is CC(C)c1nc(-c2cccc(Br)c2)sc1CN. The summed E-state index contributed by atoms with van der Waals surface area (Å²) in [5, 5.41) is 1.05. The summed E-state index contributed by atoms with van der Waals surface area (Å²) >= 11 is 5.18. The molecule has 0 bridgehead atoms. The Morgan fingerprint density at radius 2 is 2.18 bits per heavy atom. The van der Waals surface area contributed by atoms with Crippen LogP contribution in [0, 0.1) is 0 Å². The van der Waals surface area contributed by atoms with Crippen molar-refractivity contribution in [2.24, 2.45) is 5.73 Å². The highest BCUT2D eigenvalue weighted by Gasteiger charge is 2.14. The molecular formula is C13H15BrN2S. The summed E-state index contributed by atoms with van der Waals surface area (Å²) in [5.41, 5.74) is 8.05. The monoisotopic (exact) mass is 310 g/mol. The number of nitrogens with zero attached hydrogens (tertiary/aromatic N) is 1. The molecule has 0 aliphatic heterocycles. The van der Waals surface area contributed by atoms with Crippen LogP contribution in [0.5, 0.6) is 0 Å². The van der Waals surface area contributed by atoms with Gasteiger partial charge in [-0.3, -0.25) is 0 Å². The quantitative estimate of drug-likeness (QED) is 0.924. The van der Waals surface area contributed by atoms with Crippen molar-refractivity contribution in [3.63, 3.8) is 0 Å². The highest BCUT2D eigenvalue weighted by Crippen LogP contribution is 2.32. The minimum Gasteiger partial charge on any atom is -0.326 e. The Kier molecular flexibility index (Phi) is 3.97. The first-order valence-electron chi connectivity index (χ1n) is 5.57. The standard InChI is InChI=1S/C13H15BrN2S/c1-8(2)12-11(7-15)17-13(16-12)9-4-3-5-10(14)6-9/h3-6,8H,7,15H2,1-2H3. The number of aromatic nitrogens is 1. The van der Waals surface area contributed by atoms with Crippen LogP contribution in [-0.4, -0.2) is 4.98 Å². The van der Waals surface area contributed by atoms with Crippen molar-refractivity contribution in [1.82, 2.24) is 4.98 Å². The van der Waals surface area contributed by atoms with E-state index in [4.69, 9.17) is 10.7 Å². The number of rotatable bonds is 3. The van der Waals surface area contributed by atoms with Gasteiger partial charge in [-0.05, 0) is 18.1 Å². The van der Waals surface area contributed by atoms with Gasteiger partial charge in [-0.1, -0.05) is 41.9 Å². The number of nitrogens with two attached hydrogens (primary N) is 1. The number of hydrogen-bond acceptors (Lipinski definition) is 3. The van der Waals surface area contributed by atoms with Gasteiger partial charge in [0, 0.05) is 21.5 Å². The highest BCUT2D eigenvalue weighted by atomic mass is 79.9. The van der Waals surface area contributed by atoms with Gasteiger partial charge in [0.2, 0.25) is 0 Å². The van der Waals surface area contributed by atoms with E-state index in [0.717, 1.165) is 20.7 Å². The lowest BCUT2D eigenvalue weighted by Crippen LogP contribution is -1.99. The molecule has 2 rings (SSSR count). The molecule has 1 aromatic heterocycles. The Balaban J connectivity index is 2.46. The Labute approximate surface area is 114 Å². The Bertz CT molecular complexity index is 520. The van der Waals surface area contributed by atoms with E-state index >= 15 is 0 Å². The zero-order valence-corrected chi connectivity index (χ0v) is 12.3. The molecule has 2 N–H and O–H groups in total. The molecule has 0 unspecified atom stereocenters. The summed E-state index contributed by atoms with van der Waals surface area (Å²) in [5.74, 6) is 0.422. The van der Waals surface area contributed by atoms with E-state index in [1.807, 2.05) is 12.1 Å². The molecule has 1 heterocycles. The summed E-state index contributed by atoms with van der Waals surface area (Å²) in [7, 11) is 0. The maximum atomic E-state index is 5.77. The van der Waals surface area contributed by atoms with Crippen molar-refractivity contribution in [2.45, 2.75) is 26.3 Å². The lowest BCUT2D eigenvalue weighted by Gasteiger charge is -2.01. The molecule has 0 radical (unpaired) electrons. The Hall–Kier alpha value is -0.710. The van der Waals surface area contributed by atoms with Gasteiger partial charge >= 0.3 is 0 Å². The number of benzene rings is 1. The molecule has 0 saturated carbocycles. The fourth-order valence-electron chi connectivity index (χ4n) is 1.71. The van der Waals surface area contributed by atoms with E-state index in [0.29, 0.717) is 12.5 Å². The molecular weight excluding hydrogens is 296 g/mol. The molecule has 0 atom stereocenters. The third-order valence-corrected chi connectivity index (χ3v) is 4.17. The van der Waals surface area contributed by atoms with Gasteiger partial charge in [-0.15, -0.1) is 11.3 Å². The van der Waals surface area contributed by atoms with Gasteiger partial charge in [0.1, 0.15) is 5.01 Å². The Morgan fingerprint density at radius 1 is 1.41 bits per heavy atom. The molecule has 17 heavy (non-hydrogen) atoms. The van der Waals surface area contributed by atoms with Crippen molar-refractivity contribution in [3.05, 3.63) is 39.3 Å². The normalized spacial score (nSPS) is 11.1. The molecule has 0 saturated heterocycles. The molecule has 1 aromatic carbocycles. The smallest absolute Gasteiger partial charge is 0.123 e. The second kappa shape index (κ2) is 5.29. The van der Waals surface area contributed by atoms with Crippen LogP contribution in [0.3, 0.4) is 0 Å². The molecule has 90 valence electrons. The van der Waals surface area contributed by atoms with Gasteiger partial charge in [0.05, 0.1) is 5.69 Å². The van der Waals surface area contributed by atoms with E-state index in [2.05, 4.69) is 41.9 Å². The lowest BCUT2D eigenvalue weighted by atomic mass is 10.1. The van der Waals surface area contributed by atoms with Crippen LogP contribution in [0.4, 0.5) is 0 Å². The molecule has 0 spiro atoms. The first kappa shape index (κ1) is 12.7. The maximum absolute atomic E-state index is 5.77. The fraction of sp³-hybridized carbons (Fsp3) is 0.308. The third kappa shape index (κ3) is 2.76. The predicted molar refractivity (Wildman–Crippen MR) is 77.2 cm³/mol. The first-order valence-corrected chi connectivity index (χ1v) is 7.18. The van der Waals surface area contributed by atoms with Crippen molar-refractivity contribution in [3.8, 4) is 10.6 Å². The third-order valence-electron chi connectivity index (χ3n) is 2.53. The van der Waals surface area contributed by atoms with E-state index in [9.17, 15) is 0 Å². The van der Waals surface area contributed by atoms with Gasteiger partial charge in [-0.2, -0.15) is 0 Å². The van der Waals surface area contributed by atoms with Crippen LogP contribution in [0.2, 0.25) is 0 Å². The van der Waals surface area contributed by atoms with Gasteiger partial charge in [-0.25, -0.2) is 4.98 Å². The van der Waals surface area contributed by atoms with Crippen LogP contribution < -0.4 is 5.73 Å². The maximum Gasteiger partial charge on any atom is 0.123 e. The average Bonchev–Trinajstić information content (AvgIpc) is 2.73. The molecule has 0 aliphatic rings. The van der Waals surface area contributed by atoms with E-state index in [-0.39, 0.29) is 0 Å². The van der Waals surface area contributed by atoms with Crippen LogP contribution in [-0.2, 0) is 6.54 Å². The summed E-state index contributed by atoms with van der Waals surface area (Å²) in [6.07, 6.45) is 0. The fourth-order valence-corrected chi connectivity index (χ4v) is 3.20. The average molecular weight is 311 g/mol. The number of thiazole rings is 1. The molecule has 0 amide bonds. The minimum absolute atomic E-state index is 0.422. The summed E-state index contributed by atoms with van der Waals surface area (Å²) in [6, 6.07) is 8.21. The predicted octanol–water partition coefficient (Wildman–Crippen LogP) is 4.15. The van der Waals surface area contributed by atoms with Crippen LogP contribution in [0.1, 0.15) is 30.3 Å². The van der Waals surface area contributed by atoms with Gasteiger partial charge in [0.15, 0.2) is 0 Å².